The van der Waals surface area contributed by atoms with Crippen LogP contribution >= 0.6 is 0 Å². The zero-order valence-electron chi connectivity index (χ0n) is 10.6. The summed E-state index contributed by atoms with van der Waals surface area (Å²) < 4.78 is 1.93. The monoisotopic (exact) mass is 276 g/mol. The summed E-state index contributed by atoms with van der Waals surface area (Å²) in [4.78, 5) is 17.7. The van der Waals surface area contributed by atoms with Gasteiger partial charge in [0.2, 0.25) is 11.8 Å². The minimum Gasteiger partial charge on any atom is -1.00 e. The van der Waals surface area contributed by atoms with Gasteiger partial charge in [-0.3, -0.25) is 0 Å². The third-order valence-electron chi connectivity index (χ3n) is 2.77. The van der Waals surface area contributed by atoms with Gasteiger partial charge >= 0.3 is 5.82 Å². The topological polar surface area (TPSA) is 61.6 Å². The van der Waals surface area contributed by atoms with Crippen molar-refractivity contribution in [1.82, 2.24) is 19.9 Å². The first-order valence-corrected chi connectivity index (χ1v) is 5.59. The quantitative estimate of drug-likeness (QED) is 0.535. The summed E-state index contributed by atoms with van der Waals surface area (Å²) in [5, 5.41) is 0. The molecule has 0 aliphatic heterocycles. The Morgan fingerprint density at radius 2 is 1.84 bits per heavy atom. The number of rotatable bonds is 2. The average molecular weight is 277 g/mol. The number of H-pyrrole nitrogens is 1. The molecule has 3 aromatic rings. The number of imidazole rings is 1. The van der Waals surface area contributed by atoms with E-state index in [1.54, 1.807) is 6.33 Å². The normalized spacial score (nSPS) is 10.2. The second kappa shape index (κ2) is 5.19. The van der Waals surface area contributed by atoms with E-state index in [1.165, 1.54) is 6.33 Å². The molecule has 0 saturated carbocycles. The zero-order valence-corrected chi connectivity index (χ0v) is 11.3. The van der Waals surface area contributed by atoms with Gasteiger partial charge in [-0.15, -0.1) is 0 Å². The van der Waals surface area contributed by atoms with E-state index in [0.29, 0.717) is 0 Å². The van der Waals surface area contributed by atoms with Crippen LogP contribution in [0.2, 0.25) is 0 Å². The van der Waals surface area contributed by atoms with Crippen molar-refractivity contribution in [1.29, 1.82) is 0 Å². The highest BCUT2D eigenvalue weighted by molar-refractivity contribution is 5.75. The van der Waals surface area contributed by atoms with Crippen LogP contribution in [0.25, 0.3) is 17.0 Å². The van der Waals surface area contributed by atoms with E-state index in [-0.39, 0.29) is 12.4 Å². The van der Waals surface area contributed by atoms with Gasteiger partial charge in [-0.25, -0.2) is 9.55 Å². The summed E-state index contributed by atoms with van der Waals surface area (Å²) >= 11 is 0. The van der Waals surface area contributed by atoms with Crippen LogP contribution in [-0.2, 0) is 0 Å². The van der Waals surface area contributed by atoms with Crippen molar-refractivity contribution < 1.29 is 17.0 Å². The van der Waals surface area contributed by atoms with Crippen molar-refractivity contribution in [2.75, 3.05) is 19.0 Å². The minimum atomic E-state index is 0. The molecule has 0 aromatic carbocycles. The number of halogens is 1. The molecule has 0 unspecified atom stereocenters. The molecule has 3 rings (SSSR count). The van der Waals surface area contributed by atoms with Crippen molar-refractivity contribution in [2.45, 2.75) is 0 Å². The van der Waals surface area contributed by atoms with E-state index >= 15 is 0 Å². The summed E-state index contributed by atoms with van der Waals surface area (Å²) in [7, 11) is 4.02. The van der Waals surface area contributed by atoms with Gasteiger partial charge in [0.25, 0.3) is 0 Å². The lowest BCUT2D eigenvalue weighted by molar-refractivity contribution is -0.598. The molecule has 1 N–H and O–H groups in total. The van der Waals surface area contributed by atoms with Gasteiger partial charge in [0.15, 0.2) is 5.65 Å². The number of hydrogen-bond donors (Lipinski definition) is 1. The van der Waals surface area contributed by atoms with Gasteiger partial charge in [-0.2, -0.15) is 4.98 Å². The Morgan fingerprint density at radius 1 is 1.11 bits per heavy atom. The molecule has 98 valence electrons. The maximum absolute atomic E-state index is 4.28. The van der Waals surface area contributed by atoms with Gasteiger partial charge in [0.1, 0.15) is 0 Å². The minimum absolute atomic E-state index is 0. The third-order valence-corrected chi connectivity index (χ3v) is 2.77. The van der Waals surface area contributed by atoms with Crippen LogP contribution < -0.4 is 21.9 Å². The van der Waals surface area contributed by atoms with Gasteiger partial charge in [0, 0.05) is 31.9 Å². The molecule has 0 aliphatic carbocycles. The number of fused-ring (bicyclic) bond motifs is 1. The number of aromatic nitrogens is 5. The molecule has 0 bridgehead atoms. The summed E-state index contributed by atoms with van der Waals surface area (Å²) in [6.45, 7) is 0. The van der Waals surface area contributed by atoms with Crippen molar-refractivity contribution >= 4 is 16.9 Å². The lowest BCUT2D eigenvalue weighted by atomic mass is 10.3. The first-order valence-electron chi connectivity index (χ1n) is 5.59. The van der Waals surface area contributed by atoms with Crippen molar-refractivity contribution in [3.8, 4) is 5.82 Å². The predicted octanol–water partition coefficient (Wildman–Crippen LogP) is -2.30. The fourth-order valence-electron chi connectivity index (χ4n) is 1.80. The standard InChI is InChI=1S/C12H13N6.ClH/c1-17(2)9-3-5-18(6-4-9)12-10-11(14-7-13-10)15-8-16-12;/h3-8H,1-2H3,(H,13,14,15,16);1H/q+1;/p-1. The summed E-state index contributed by atoms with van der Waals surface area (Å²) in [5.74, 6) is 0.770. The molecular formula is C12H13ClN6. The van der Waals surface area contributed by atoms with E-state index in [4.69, 9.17) is 0 Å². The van der Waals surface area contributed by atoms with Crippen molar-refractivity contribution in [3.63, 3.8) is 0 Å². The van der Waals surface area contributed by atoms with Gasteiger partial charge in [0.05, 0.1) is 18.7 Å². The molecule has 0 spiro atoms. The molecule has 0 atom stereocenters. The maximum atomic E-state index is 4.28. The Kier molecular flexibility index (Phi) is 3.62. The first kappa shape index (κ1) is 13.2. The SMILES string of the molecule is CN(C)c1cc[n+](-c2ncnc3[nH]cnc23)cc1.[Cl-]. The Labute approximate surface area is 116 Å². The van der Waals surface area contributed by atoms with E-state index < -0.39 is 0 Å². The highest BCUT2D eigenvalue weighted by Gasteiger charge is 2.15. The third kappa shape index (κ3) is 2.34. The largest absolute Gasteiger partial charge is 1.00 e. The molecule has 0 fully saturated rings. The Hall–Kier alpha value is -2.21. The van der Waals surface area contributed by atoms with E-state index in [0.717, 1.165) is 22.7 Å². The number of aromatic amines is 1. The Balaban J connectivity index is 0.00000133. The van der Waals surface area contributed by atoms with Gasteiger partial charge < -0.3 is 22.3 Å². The van der Waals surface area contributed by atoms with Crippen LogP contribution in [0, 0.1) is 0 Å². The maximum Gasteiger partial charge on any atom is 0.359 e. The lowest BCUT2D eigenvalue weighted by Crippen LogP contribution is -3.00. The summed E-state index contributed by atoms with van der Waals surface area (Å²) in [5.41, 5.74) is 2.64. The average Bonchev–Trinajstić information content (AvgIpc) is 2.87. The van der Waals surface area contributed by atoms with E-state index in [2.05, 4.69) is 24.8 Å². The molecular weight excluding hydrogens is 264 g/mol. The van der Waals surface area contributed by atoms with Crippen molar-refractivity contribution in [2.24, 2.45) is 0 Å². The van der Waals surface area contributed by atoms with Crippen molar-refractivity contribution in [3.05, 3.63) is 37.2 Å². The second-order valence-corrected chi connectivity index (χ2v) is 4.16. The smallest absolute Gasteiger partial charge is 0.359 e. The number of nitrogens with zero attached hydrogens (tertiary/aromatic N) is 5. The molecule has 0 amide bonds. The summed E-state index contributed by atoms with van der Waals surface area (Å²) in [6.07, 6.45) is 7.08. The Morgan fingerprint density at radius 3 is 2.53 bits per heavy atom. The predicted molar refractivity (Wildman–Crippen MR) is 67.5 cm³/mol. The fraction of sp³-hybridized carbons (Fsp3) is 0.167. The number of pyridine rings is 1. The molecule has 3 heterocycles. The highest BCUT2D eigenvalue weighted by atomic mass is 35.5. The van der Waals surface area contributed by atoms with Gasteiger partial charge in [-0.05, 0) is 4.98 Å². The number of anilines is 1. The molecule has 0 aliphatic rings. The molecule has 7 heteroatoms. The summed E-state index contributed by atoms with van der Waals surface area (Å²) in [6, 6.07) is 4.06. The van der Waals surface area contributed by atoms with Crippen LogP contribution in [-0.4, -0.2) is 34.0 Å². The highest BCUT2D eigenvalue weighted by Crippen LogP contribution is 2.11. The molecule has 0 saturated heterocycles. The van der Waals surface area contributed by atoms with E-state index in [1.807, 2.05) is 43.2 Å². The fourth-order valence-corrected chi connectivity index (χ4v) is 1.80. The number of nitrogens with one attached hydrogen (secondary N) is 1. The molecule has 3 aromatic heterocycles. The van der Waals surface area contributed by atoms with Gasteiger partial charge in [-0.1, -0.05) is 0 Å². The Bertz CT molecular complexity index is 676. The number of hydrogen-bond acceptors (Lipinski definition) is 4. The van der Waals surface area contributed by atoms with Crippen LogP contribution in [0.15, 0.2) is 37.2 Å². The lowest BCUT2D eigenvalue weighted by Gasteiger charge is -2.10. The molecule has 6 nitrogen and oxygen atoms in total. The van der Waals surface area contributed by atoms with Crippen LogP contribution in [0.4, 0.5) is 5.69 Å². The molecule has 19 heavy (non-hydrogen) atoms. The molecule has 0 radical (unpaired) electrons. The second-order valence-electron chi connectivity index (χ2n) is 4.16. The van der Waals surface area contributed by atoms with Crippen LogP contribution in [0.1, 0.15) is 0 Å². The van der Waals surface area contributed by atoms with Crippen LogP contribution in [0.3, 0.4) is 0 Å². The first-order chi connectivity index (χ1) is 8.75. The zero-order chi connectivity index (χ0) is 12.5. The van der Waals surface area contributed by atoms with Crippen LogP contribution in [0.5, 0.6) is 0 Å². The van der Waals surface area contributed by atoms with E-state index in [9.17, 15) is 0 Å².